The van der Waals surface area contributed by atoms with Gasteiger partial charge in [-0.3, -0.25) is 4.90 Å². The number of nitrogens with zero attached hydrogens (tertiary/aromatic N) is 1. The van der Waals surface area contributed by atoms with E-state index in [0.717, 1.165) is 13.1 Å². The third kappa shape index (κ3) is 7.33. The molecular weight excluding hydrogens is 314 g/mol. The van der Waals surface area contributed by atoms with Crippen LogP contribution in [0.4, 0.5) is 0 Å². The lowest BCUT2D eigenvalue weighted by Gasteiger charge is -2.39. The summed E-state index contributed by atoms with van der Waals surface area (Å²) in [6.07, 6.45) is 9.46. The summed E-state index contributed by atoms with van der Waals surface area (Å²) < 4.78 is 0. The molecule has 2 aromatic carbocycles. The Kier molecular flexibility index (Phi) is 8.91. The van der Waals surface area contributed by atoms with Crippen LogP contribution in [0.1, 0.15) is 76.8 Å². The van der Waals surface area contributed by atoms with Crippen molar-refractivity contribution in [1.82, 2.24) is 4.90 Å². The van der Waals surface area contributed by atoms with Crippen molar-refractivity contribution < 1.29 is 0 Å². The van der Waals surface area contributed by atoms with E-state index < -0.39 is 0 Å². The molecule has 0 aliphatic rings. The van der Waals surface area contributed by atoms with Crippen molar-refractivity contribution in [2.75, 3.05) is 0 Å². The lowest BCUT2D eigenvalue weighted by atomic mass is 9.92. The van der Waals surface area contributed by atoms with E-state index in [9.17, 15) is 0 Å². The third-order valence-electron chi connectivity index (χ3n) is 5.43. The fourth-order valence-electron chi connectivity index (χ4n) is 3.59. The van der Waals surface area contributed by atoms with Crippen LogP contribution in [-0.4, -0.2) is 10.4 Å². The van der Waals surface area contributed by atoms with Gasteiger partial charge in [-0.15, -0.1) is 0 Å². The second-order valence-electron chi connectivity index (χ2n) is 8.16. The molecule has 0 aromatic heterocycles. The van der Waals surface area contributed by atoms with Gasteiger partial charge in [0, 0.05) is 18.6 Å². The van der Waals surface area contributed by atoms with Gasteiger partial charge in [0.15, 0.2) is 0 Å². The van der Waals surface area contributed by atoms with Gasteiger partial charge >= 0.3 is 0 Å². The van der Waals surface area contributed by atoms with Gasteiger partial charge in [-0.05, 0) is 31.4 Å². The molecule has 0 radical (unpaired) electrons. The van der Waals surface area contributed by atoms with Crippen molar-refractivity contribution >= 4 is 0 Å². The molecule has 1 heteroatoms. The first-order valence-corrected chi connectivity index (χ1v) is 10.4. The van der Waals surface area contributed by atoms with Crippen molar-refractivity contribution in [3.05, 3.63) is 71.8 Å². The summed E-state index contributed by atoms with van der Waals surface area (Å²) in [5, 5.41) is 0. The average Bonchev–Trinajstić information content (AvgIpc) is 2.66. The van der Waals surface area contributed by atoms with Gasteiger partial charge in [0.25, 0.3) is 0 Å². The van der Waals surface area contributed by atoms with Crippen LogP contribution in [-0.2, 0) is 13.1 Å². The molecule has 0 bridgehead atoms. The molecule has 1 nitrogen and oxygen atoms in total. The zero-order chi connectivity index (χ0) is 18.7. The summed E-state index contributed by atoms with van der Waals surface area (Å²) in [5.74, 6) is 0. The molecule has 0 unspecified atom stereocenters. The Hall–Kier alpha value is -1.60. The fraction of sp³-hybridized carbons (Fsp3) is 0.520. The van der Waals surface area contributed by atoms with E-state index in [0.29, 0.717) is 0 Å². The highest BCUT2D eigenvalue weighted by atomic mass is 15.2. The van der Waals surface area contributed by atoms with Gasteiger partial charge in [0.05, 0.1) is 0 Å². The molecule has 0 aliphatic carbocycles. The lowest BCUT2D eigenvalue weighted by Crippen LogP contribution is -2.42. The van der Waals surface area contributed by atoms with E-state index >= 15 is 0 Å². The first-order chi connectivity index (χ1) is 12.6. The Morgan fingerprint density at radius 1 is 0.654 bits per heavy atom. The number of hydrogen-bond donors (Lipinski definition) is 0. The molecule has 26 heavy (non-hydrogen) atoms. The maximum atomic E-state index is 2.66. The van der Waals surface area contributed by atoms with Gasteiger partial charge in [-0.25, -0.2) is 0 Å². The van der Waals surface area contributed by atoms with Crippen LogP contribution in [0.25, 0.3) is 0 Å². The van der Waals surface area contributed by atoms with Crippen LogP contribution in [0.15, 0.2) is 60.7 Å². The monoisotopic (exact) mass is 351 g/mol. The van der Waals surface area contributed by atoms with Crippen molar-refractivity contribution in [2.24, 2.45) is 0 Å². The topological polar surface area (TPSA) is 3.24 Å². The second-order valence-corrected chi connectivity index (χ2v) is 8.16. The van der Waals surface area contributed by atoms with E-state index in [1.165, 1.54) is 56.1 Å². The van der Waals surface area contributed by atoms with Crippen LogP contribution < -0.4 is 0 Å². The van der Waals surface area contributed by atoms with Crippen LogP contribution in [0, 0.1) is 0 Å². The Morgan fingerprint density at radius 3 is 1.62 bits per heavy atom. The van der Waals surface area contributed by atoms with Crippen molar-refractivity contribution in [3.63, 3.8) is 0 Å². The van der Waals surface area contributed by atoms with E-state index in [4.69, 9.17) is 0 Å². The summed E-state index contributed by atoms with van der Waals surface area (Å²) in [5.41, 5.74) is 3.01. The number of unbranched alkanes of at least 4 members (excludes halogenated alkanes) is 5. The minimum Gasteiger partial charge on any atom is -0.290 e. The maximum Gasteiger partial charge on any atom is 0.0242 e. The zero-order valence-electron chi connectivity index (χ0n) is 17.1. The molecule has 2 rings (SSSR count). The summed E-state index contributed by atoms with van der Waals surface area (Å²) in [6, 6.07) is 21.8. The third-order valence-corrected chi connectivity index (χ3v) is 5.43. The minimum atomic E-state index is 0.205. The molecule has 2 aromatic rings. The molecule has 0 aliphatic heterocycles. The normalized spacial score (nSPS) is 11.8. The molecule has 0 fully saturated rings. The molecular formula is C25H37N. The van der Waals surface area contributed by atoms with Gasteiger partial charge in [0.2, 0.25) is 0 Å². The van der Waals surface area contributed by atoms with Crippen molar-refractivity contribution in [1.29, 1.82) is 0 Å². The largest absolute Gasteiger partial charge is 0.290 e. The summed E-state index contributed by atoms with van der Waals surface area (Å²) >= 11 is 0. The Morgan fingerprint density at radius 2 is 1.12 bits per heavy atom. The minimum absolute atomic E-state index is 0.205. The highest BCUT2D eigenvalue weighted by Gasteiger charge is 2.26. The Labute approximate surface area is 161 Å². The predicted octanol–water partition coefficient (Wildman–Crippen LogP) is 7.22. The molecule has 0 N–H and O–H groups in total. The lowest BCUT2D eigenvalue weighted by molar-refractivity contribution is 0.0906. The number of rotatable bonds is 12. The van der Waals surface area contributed by atoms with E-state index in [1.807, 2.05) is 0 Å². The van der Waals surface area contributed by atoms with Crippen LogP contribution in [0.3, 0.4) is 0 Å². The molecule has 0 atom stereocenters. The van der Waals surface area contributed by atoms with Crippen molar-refractivity contribution in [3.8, 4) is 0 Å². The Bertz CT molecular complexity index is 547. The van der Waals surface area contributed by atoms with Crippen LogP contribution in [0.2, 0.25) is 0 Å². The quantitative estimate of drug-likeness (QED) is 0.365. The maximum absolute atomic E-state index is 2.66. The average molecular weight is 352 g/mol. The van der Waals surface area contributed by atoms with Gasteiger partial charge in [0.1, 0.15) is 0 Å². The number of hydrogen-bond acceptors (Lipinski definition) is 1. The predicted molar refractivity (Wildman–Crippen MR) is 114 cm³/mol. The first kappa shape index (κ1) is 20.7. The fourth-order valence-corrected chi connectivity index (χ4v) is 3.59. The SMILES string of the molecule is CCCCCCCCC(C)(C)N(Cc1ccccc1)Cc1ccccc1. The molecule has 0 saturated heterocycles. The summed E-state index contributed by atoms with van der Waals surface area (Å²) in [7, 11) is 0. The summed E-state index contributed by atoms with van der Waals surface area (Å²) in [4.78, 5) is 2.66. The highest BCUT2D eigenvalue weighted by molar-refractivity contribution is 5.17. The standard InChI is InChI=1S/C25H37N/c1-4-5-6-7-8-15-20-25(2,3)26(21-23-16-11-9-12-17-23)22-24-18-13-10-14-19-24/h9-14,16-19H,4-8,15,20-22H2,1-3H3. The molecule has 0 heterocycles. The van der Waals surface area contributed by atoms with Gasteiger partial charge in [-0.1, -0.05) is 106 Å². The van der Waals surface area contributed by atoms with Gasteiger partial charge in [-0.2, -0.15) is 0 Å². The summed E-state index contributed by atoms with van der Waals surface area (Å²) in [6.45, 7) is 9.15. The van der Waals surface area contributed by atoms with Crippen LogP contribution >= 0.6 is 0 Å². The zero-order valence-corrected chi connectivity index (χ0v) is 17.1. The van der Waals surface area contributed by atoms with Crippen LogP contribution in [0.5, 0.6) is 0 Å². The molecule has 142 valence electrons. The van der Waals surface area contributed by atoms with E-state index in [1.54, 1.807) is 0 Å². The molecule has 0 saturated carbocycles. The Balaban J connectivity index is 1.98. The van der Waals surface area contributed by atoms with Crippen molar-refractivity contribution in [2.45, 2.75) is 84.3 Å². The van der Waals surface area contributed by atoms with E-state index in [2.05, 4.69) is 86.3 Å². The smallest absolute Gasteiger partial charge is 0.0242 e. The molecule has 0 spiro atoms. The number of benzene rings is 2. The van der Waals surface area contributed by atoms with E-state index in [-0.39, 0.29) is 5.54 Å². The first-order valence-electron chi connectivity index (χ1n) is 10.4. The highest BCUT2D eigenvalue weighted by Crippen LogP contribution is 2.27. The second kappa shape index (κ2) is 11.2. The molecule has 0 amide bonds. The van der Waals surface area contributed by atoms with Gasteiger partial charge < -0.3 is 0 Å².